The number of hydrogen-bond donors (Lipinski definition) is 16. The van der Waals surface area contributed by atoms with Gasteiger partial charge in [0.05, 0.1) is 110 Å². The number of aryl methyl sites for hydroxylation is 4. The van der Waals surface area contributed by atoms with Crippen LogP contribution < -0.4 is 87.5 Å². The SMILES string of the molecule is Cc1cn([C@H]2CC(OC(=O)CCC(=O)NCCNC(=O)CCOCC(COCCC(=O)NCCNC(=O)CCC(=O)OC3C[C@H](n4cc(C)c(=O)[nH]c4=O)O[C@@H]3CO)(COCCC(=O)NCCNC(=O)CCC(=O)OC3C[C@H](n4cc(C)c(=O)[nH]c4=O)O[C@@H]3CO)COCCC(=O)NCCNC(=O)CCC(=O)OC3C[C@H](n4cc(C)c(=O)[nH]c4=O)O[C@@H]3CO)[C@@H](CO)O2)c(=O)[nH]c1=O. The molecule has 4 aromatic rings. The highest BCUT2D eigenvalue weighted by Gasteiger charge is 2.44. The van der Waals surface area contributed by atoms with Gasteiger partial charge in [0, 0.05) is 176 Å². The first-order valence-electron chi connectivity index (χ1n) is 43.1. The number of carbonyl (C=O) groups excluding carboxylic acids is 12. The molecule has 8 rings (SSSR count). The predicted molar refractivity (Wildman–Crippen MR) is 451 cm³/mol. The number of rotatable bonds is 56. The van der Waals surface area contributed by atoms with Crippen molar-refractivity contribution in [3.63, 3.8) is 0 Å². The lowest BCUT2D eigenvalue weighted by molar-refractivity contribution is -0.154. The van der Waals surface area contributed by atoms with Gasteiger partial charge >= 0.3 is 46.6 Å². The summed E-state index contributed by atoms with van der Waals surface area (Å²) < 4.78 is 73.5. The van der Waals surface area contributed by atoms with Gasteiger partial charge in [-0.15, -0.1) is 0 Å². The summed E-state index contributed by atoms with van der Waals surface area (Å²) in [5.74, 6) is -7.75. The Hall–Kier alpha value is -12.1. The Bertz CT molecular complexity index is 4550. The zero-order valence-electron chi connectivity index (χ0n) is 73.8. The van der Waals surface area contributed by atoms with Crippen LogP contribution in [-0.2, 0) is 114 Å². The lowest BCUT2D eigenvalue weighted by atomic mass is 9.92. The molecule has 0 aromatic carbocycles. The number of hydrogen-bond acceptors (Lipinski definition) is 36. The number of esters is 4. The first-order valence-corrected chi connectivity index (χ1v) is 43.1. The number of carbonyl (C=O) groups is 12. The number of aliphatic hydroxyl groups excluding tert-OH is 4. The standard InChI is InChI=1S/C81H116N16O36/c1-45-33-94(77(118)90-73(45)114)65-29-49(53(37-98)126-65)130-69(110)9-5-57(102)82-17-21-86-61(106)13-25-122-41-81(42-123-26-14-62(107)87-22-18-83-58(103)6-10-70(111)131-50-30-66(127-54(50)38-99)95-34-46(2)74(115)91-78(95)119,43-124-27-15-63(108)88-23-19-84-59(104)7-11-71(112)132-51-31-67(128-55(51)39-100)96-35-47(3)75(116)92-79(96)120)44-125-28-16-64(109)89-24-20-85-60(105)8-12-72(113)133-52-32-68(129-56(52)40-101)97-36-48(4)76(117)93-80(97)121/h33-36,49-56,65-68,98-101H,5-32,37-44H2,1-4H3,(H,82,102)(H,83,103)(H,84,104)(H,85,105)(H,86,106)(H,87,107)(H,88,108)(H,89,109)(H,90,114,118)(H,91,115,119)(H,92,116,120)(H,93,117,121)/t49?,50?,51?,52?,53-,54-,55-,56-,65-,66-,67-,68-,81?/m1/s1. The van der Waals surface area contributed by atoms with Crippen LogP contribution in [0.3, 0.4) is 0 Å². The summed E-state index contributed by atoms with van der Waals surface area (Å²) in [4.78, 5) is 261. The molecule has 0 saturated carbocycles. The van der Waals surface area contributed by atoms with Gasteiger partial charge in [0.1, 0.15) is 73.7 Å². The van der Waals surface area contributed by atoms with Crippen LogP contribution in [0.5, 0.6) is 0 Å². The van der Waals surface area contributed by atoms with Crippen LogP contribution in [0.2, 0.25) is 0 Å². The third-order valence-electron chi connectivity index (χ3n) is 21.2. The van der Waals surface area contributed by atoms with Gasteiger partial charge in [-0.2, -0.15) is 0 Å². The molecule has 4 unspecified atom stereocenters. The quantitative estimate of drug-likeness (QED) is 0.0111. The average molecular weight is 1890 g/mol. The second kappa shape index (κ2) is 53.5. The third kappa shape index (κ3) is 34.5. The van der Waals surface area contributed by atoms with Gasteiger partial charge in [0.15, 0.2) is 0 Å². The maximum atomic E-state index is 13.2. The number of H-pyrrole nitrogens is 4. The Kier molecular flexibility index (Phi) is 42.8. The van der Waals surface area contributed by atoms with Crippen molar-refractivity contribution in [3.8, 4) is 0 Å². The summed E-state index contributed by atoms with van der Waals surface area (Å²) in [6.45, 7) is 0.660. The molecule has 736 valence electrons. The molecule has 0 aliphatic carbocycles. The molecule has 52 heteroatoms. The van der Waals surface area contributed by atoms with E-state index >= 15 is 0 Å². The normalized spacial score (nSPS) is 20.6. The Morgan fingerprint density at radius 2 is 0.489 bits per heavy atom. The van der Waals surface area contributed by atoms with E-state index < -0.39 is 247 Å². The van der Waals surface area contributed by atoms with Gasteiger partial charge in [-0.25, -0.2) is 19.2 Å². The van der Waals surface area contributed by atoms with E-state index in [1.165, 1.54) is 52.5 Å². The first-order chi connectivity index (χ1) is 63.6. The minimum Gasteiger partial charge on any atom is -0.459 e. The van der Waals surface area contributed by atoms with Crippen LogP contribution in [0.4, 0.5) is 0 Å². The van der Waals surface area contributed by atoms with Crippen molar-refractivity contribution in [2.24, 2.45) is 5.41 Å². The van der Waals surface area contributed by atoms with Crippen LogP contribution in [-0.4, -0.2) is 310 Å². The van der Waals surface area contributed by atoms with E-state index in [-0.39, 0.29) is 205 Å². The number of amides is 8. The number of nitrogens with zero attached hydrogens (tertiary/aromatic N) is 4. The van der Waals surface area contributed by atoms with E-state index in [9.17, 15) is 116 Å². The number of aromatic amines is 4. The first kappa shape index (κ1) is 106. The molecule has 4 saturated heterocycles. The van der Waals surface area contributed by atoms with E-state index in [4.69, 9.17) is 56.8 Å². The molecule has 0 spiro atoms. The minimum absolute atomic E-state index is 0.0517. The summed E-state index contributed by atoms with van der Waals surface area (Å²) in [6, 6.07) is 0. The molecule has 133 heavy (non-hydrogen) atoms. The topological polar surface area (TPSA) is 712 Å². The Balaban J connectivity index is 0.820. The van der Waals surface area contributed by atoms with Crippen LogP contribution in [0.1, 0.15) is 150 Å². The third-order valence-corrected chi connectivity index (χ3v) is 21.2. The molecule has 8 amide bonds. The largest absolute Gasteiger partial charge is 0.459 e. The van der Waals surface area contributed by atoms with E-state index in [0.717, 1.165) is 18.3 Å². The van der Waals surface area contributed by atoms with E-state index in [1.807, 2.05) is 0 Å². The van der Waals surface area contributed by atoms with Crippen molar-refractivity contribution in [2.45, 2.75) is 204 Å². The van der Waals surface area contributed by atoms with E-state index in [2.05, 4.69) is 62.5 Å². The zero-order valence-corrected chi connectivity index (χ0v) is 73.8. The second-order valence-corrected chi connectivity index (χ2v) is 31.7. The molecule has 8 heterocycles. The van der Waals surface area contributed by atoms with Gasteiger partial charge in [0.25, 0.3) is 22.2 Å². The average Bonchev–Trinajstić information content (AvgIpc) is 1.69. The van der Waals surface area contributed by atoms with Crippen molar-refractivity contribution in [3.05, 3.63) is 130 Å². The van der Waals surface area contributed by atoms with Gasteiger partial charge in [-0.1, -0.05) is 0 Å². The van der Waals surface area contributed by atoms with Gasteiger partial charge in [-0.3, -0.25) is 115 Å². The van der Waals surface area contributed by atoms with Crippen LogP contribution >= 0.6 is 0 Å². The lowest BCUT2D eigenvalue weighted by Gasteiger charge is -2.33. The second-order valence-electron chi connectivity index (χ2n) is 31.7. The van der Waals surface area contributed by atoms with Crippen molar-refractivity contribution >= 4 is 71.1 Å². The summed E-state index contributed by atoms with van der Waals surface area (Å²) in [6.07, 6.45) is -11.1. The number of aliphatic hydroxyl groups is 4. The Labute approximate surface area is 755 Å². The molecule has 4 fully saturated rings. The predicted octanol–water partition coefficient (Wildman–Crippen LogP) is -8.15. The van der Waals surface area contributed by atoms with Crippen molar-refractivity contribution < 1.29 is 135 Å². The fourth-order valence-corrected chi connectivity index (χ4v) is 14.0. The molecule has 52 nitrogen and oxygen atoms in total. The zero-order chi connectivity index (χ0) is 96.8. The van der Waals surface area contributed by atoms with Crippen LogP contribution in [0.25, 0.3) is 0 Å². The van der Waals surface area contributed by atoms with E-state index in [0.29, 0.717) is 0 Å². The Morgan fingerprint density at radius 3 is 0.669 bits per heavy atom. The Morgan fingerprint density at radius 1 is 0.308 bits per heavy atom. The molecular weight excluding hydrogens is 1770 g/mol. The molecule has 4 aliphatic heterocycles. The highest BCUT2D eigenvalue weighted by atomic mass is 16.6. The summed E-state index contributed by atoms with van der Waals surface area (Å²) in [5, 5.41) is 60.5. The smallest absolute Gasteiger partial charge is 0.330 e. The maximum Gasteiger partial charge on any atom is 0.330 e. The molecule has 16 N–H and O–H groups in total. The molecule has 4 aromatic heterocycles. The molecule has 0 radical (unpaired) electrons. The fraction of sp³-hybridized carbons (Fsp3) is 0.654. The van der Waals surface area contributed by atoms with Gasteiger partial charge in [-0.05, 0) is 27.7 Å². The molecule has 12 atom stereocenters. The monoisotopic (exact) mass is 1890 g/mol. The summed E-state index contributed by atoms with van der Waals surface area (Å²) in [7, 11) is 0. The highest BCUT2D eigenvalue weighted by Crippen LogP contribution is 2.34. The van der Waals surface area contributed by atoms with Crippen molar-refractivity contribution in [2.75, 3.05) is 132 Å². The van der Waals surface area contributed by atoms with E-state index in [1.54, 1.807) is 0 Å². The van der Waals surface area contributed by atoms with Crippen LogP contribution in [0, 0.1) is 33.1 Å². The van der Waals surface area contributed by atoms with Crippen molar-refractivity contribution in [1.82, 2.24) is 80.7 Å². The molecule has 0 bridgehead atoms. The summed E-state index contributed by atoms with van der Waals surface area (Å²) >= 11 is 0. The fourth-order valence-electron chi connectivity index (χ4n) is 14.0. The van der Waals surface area contributed by atoms with Gasteiger partial charge < -0.3 is 120 Å². The summed E-state index contributed by atoms with van der Waals surface area (Å²) in [5.41, 5.74) is -6.04. The van der Waals surface area contributed by atoms with Crippen molar-refractivity contribution in [1.29, 1.82) is 0 Å². The minimum atomic E-state index is -1.37. The molecular formula is C81H116N16O36. The number of aromatic nitrogens is 8. The highest BCUT2D eigenvalue weighted by molar-refractivity contribution is 5.84. The number of nitrogens with one attached hydrogen (secondary N) is 12. The molecule has 4 aliphatic rings. The lowest BCUT2D eigenvalue weighted by Crippen LogP contribution is -2.43. The van der Waals surface area contributed by atoms with Gasteiger partial charge in [0.2, 0.25) is 47.3 Å². The van der Waals surface area contributed by atoms with Crippen LogP contribution in [0.15, 0.2) is 63.1 Å². The number of ether oxygens (including phenoxy) is 12. The maximum absolute atomic E-state index is 13.2.